The fourth-order valence-corrected chi connectivity index (χ4v) is 3.19. The fraction of sp³-hybridized carbons (Fsp3) is 0.143. The number of nitrogens with zero attached hydrogens (tertiary/aromatic N) is 2. The molecule has 6 heteroatoms. The Hall–Kier alpha value is -2.34. The van der Waals surface area contributed by atoms with Crippen LogP contribution in [0.25, 0.3) is 16.2 Å². The number of fused-ring (bicyclic) bond motifs is 1. The van der Waals surface area contributed by atoms with Crippen molar-refractivity contribution in [2.24, 2.45) is 0 Å². The Balaban J connectivity index is 2.34. The molecule has 0 radical (unpaired) electrons. The van der Waals surface area contributed by atoms with Crippen molar-refractivity contribution in [1.82, 2.24) is 9.38 Å². The van der Waals surface area contributed by atoms with Crippen molar-refractivity contribution in [1.29, 1.82) is 0 Å². The molecule has 0 spiro atoms. The number of ether oxygens (including phenoxy) is 1. The van der Waals surface area contributed by atoms with Gasteiger partial charge in [-0.2, -0.15) is 0 Å². The Morgan fingerprint density at radius 3 is 2.85 bits per heavy atom. The molecule has 0 aliphatic rings. The number of aromatic carboxylic acids is 1. The molecule has 1 N–H and O–H groups in total. The van der Waals surface area contributed by atoms with Gasteiger partial charge in [-0.05, 0) is 19.1 Å². The highest BCUT2D eigenvalue weighted by Gasteiger charge is 2.21. The number of para-hydroxylation sites is 1. The van der Waals surface area contributed by atoms with E-state index in [1.807, 2.05) is 29.6 Å². The Morgan fingerprint density at radius 2 is 2.15 bits per heavy atom. The number of carbonyl (C=O) groups is 1. The maximum absolute atomic E-state index is 11.4. The van der Waals surface area contributed by atoms with Crippen molar-refractivity contribution in [2.75, 3.05) is 7.11 Å². The molecule has 20 heavy (non-hydrogen) atoms. The van der Waals surface area contributed by atoms with Gasteiger partial charge in [0, 0.05) is 10.9 Å². The molecule has 0 aliphatic carbocycles. The van der Waals surface area contributed by atoms with Crippen LogP contribution in [0.3, 0.4) is 0 Å². The smallest absolute Gasteiger partial charge is 0.354 e. The summed E-state index contributed by atoms with van der Waals surface area (Å²) in [4.78, 5) is 16.4. The summed E-state index contributed by atoms with van der Waals surface area (Å²) < 4.78 is 7.02. The van der Waals surface area contributed by atoms with E-state index in [1.165, 1.54) is 11.3 Å². The molecule has 0 atom stereocenters. The summed E-state index contributed by atoms with van der Waals surface area (Å²) in [5.41, 5.74) is 2.34. The highest BCUT2D eigenvalue weighted by Crippen LogP contribution is 2.34. The molecule has 102 valence electrons. The van der Waals surface area contributed by atoms with Crippen LogP contribution >= 0.6 is 11.3 Å². The monoisotopic (exact) mass is 288 g/mol. The molecule has 1 aromatic carbocycles. The van der Waals surface area contributed by atoms with Crippen LogP contribution in [0.15, 0.2) is 29.6 Å². The van der Waals surface area contributed by atoms with Gasteiger partial charge in [-0.15, -0.1) is 11.3 Å². The zero-order valence-corrected chi connectivity index (χ0v) is 11.8. The van der Waals surface area contributed by atoms with Crippen molar-refractivity contribution >= 4 is 22.3 Å². The number of benzene rings is 1. The summed E-state index contributed by atoms with van der Waals surface area (Å²) in [5, 5.41) is 11.3. The van der Waals surface area contributed by atoms with E-state index in [0.29, 0.717) is 16.4 Å². The normalized spacial score (nSPS) is 10.9. The molecule has 0 fully saturated rings. The van der Waals surface area contributed by atoms with Crippen LogP contribution in [-0.4, -0.2) is 27.6 Å². The Labute approximate surface area is 119 Å². The van der Waals surface area contributed by atoms with Crippen molar-refractivity contribution in [3.05, 3.63) is 41.0 Å². The first-order valence-corrected chi connectivity index (χ1v) is 6.84. The summed E-state index contributed by atoms with van der Waals surface area (Å²) in [5.74, 6) is -0.278. The Kier molecular flexibility index (Phi) is 2.94. The van der Waals surface area contributed by atoms with Crippen LogP contribution in [-0.2, 0) is 0 Å². The van der Waals surface area contributed by atoms with Crippen LogP contribution in [0.1, 0.15) is 16.2 Å². The quantitative estimate of drug-likeness (QED) is 0.804. The lowest BCUT2D eigenvalue weighted by Gasteiger charge is -2.08. The van der Waals surface area contributed by atoms with Crippen LogP contribution in [0.2, 0.25) is 0 Å². The number of thiazole rings is 1. The van der Waals surface area contributed by atoms with E-state index in [4.69, 9.17) is 4.74 Å². The zero-order valence-electron chi connectivity index (χ0n) is 11.0. The van der Waals surface area contributed by atoms with Crippen LogP contribution in [0, 0.1) is 6.92 Å². The predicted octanol–water partition coefficient (Wildman–Crippen LogP) is 3.08. The molecule has 0 unspecified atom stereocenters. The van der Waals surface area contributed by atoms with E-state index in [9.17, 15) is 9.90 Å². The molecular formula is C14H12N2O3S. The maximum Gasteiger partial charge on any atom is 0.354 e. The van der Waals surface area contributed by atoms with Gasteiger partial charge in [0.25, 0.3) is 0 Å². The van der Waals surface area contributed by atoms with Crippen LogP contribution in [0.5, 0.6) is 5.75 Å². The van der Waals surface area contributed by atoms with Gasteiger partial charge in [-0.1, -0.05) is 12.1 Å². The average molecular weight is 288 g/mol. The zero-order chi connectivity index (χ0) is 14.3. The van der Waals surface area contributed by atoms with Gasteiger partial charge in [0.2, 0.25) is 0 Å². The molecule has 2 heterocycles. The highest BCUT2D eigenvalue weighted by atomic mass is 32.1. The van der Waals surface area contributed by atoms with Crippen molar-refractivity contribution in [3.8, 4) is 17.0 Å². The first kappa shape index (κ1) is 12.7. The lowest BCUT2D eigenvalue weighted by atomic mass is 10.1. The van der Waals surface area contributed by atoms with Gasteiger partial charge in [0.15, 0.2) is 10.7 Å². The SMILES string of the molecule is COc1ccccc1-c1csc2nc(C)c(C(=O)O)n12. The molecule has 5 nitrogen and oxygen atoms in total. The van der Waals surface area contributed by atoms with E-state index in [-0.39, 0.29) is 5.69 Å². The number of hydrogen-bond donors (Lipinski definition) is 1. The molecule has 0 bridgehead atoms. The van der Waals surface area contributed by atoms with Crippen molar-refractivity contribution < 1.29 is 14.6 Å². The van der Waals surface area contributed by atoms with Crippen LogP contribution in [0.4, 0.5) is 0 Å². The summed E-state index contributed by atoms with van der Waals surface area (Å²) in [7, 11) is 1.60. The third-order valence-electron chi connectivity index (χ3n) is 3.12. The average Bonchev–Trinajstić information content (AvgIpc) is 2.95. The first-order valence-electron chi connectivity index (χ1n) is 5.96. The van der Waals surface area contributed by atoms with Gasteiger partial charge in [0.1, 0.15) is 5.75 Å². The second-order valence-corrected chi connectivity index (χ2v) is 5.13. The number of rotatable bonds is 3. The molecule has 0 aliphatic heterocycles. The standard InChI is InChI=1S/C14H12N2O3S/c1-8-12(13(17)18)16-10(7-20-14(16)15-8)9-5-3-4-6-11(9)19-2/h3-7H,1-2H3,(H,17,18). The number of carboxylic acid groups (broad SMARTS) is 1. The topological polar surface area (TPSA) is 63.8 Å². The number of carboxylic acids is 1. The van der Waals surface area contributed by atoms with E-state index in [0.717, 1.165) is 11.3 Å². The van der Waals surface area contributed by atoms with Gasteiger partial charge < -0.3 is 9.84 Å². The molecule has 0 amide bonds. The first-order chi connectivity index (χ1) is 9.63. The lowest BCUT2D eigenvalue weighted by Crippen LogP contribution is -2.04. The largest absolute Gasteiger partial charge is 0.496 e. The van der Waals surface area contributed by atoms with Gasteiger partial charge in [-0.25, -0.2) is 9.78 Å². The van der Waals surface area contributed by atoms with E-state index in [2.05, 4.69) is 4.98 Å². The second kappa shape index (κ2) is 4.64. The fourth-order valence-electron chi connectivity index (χ4n) is 2.26. The molecule has 3 aromatic rings. The third-order valence-corrected chi connectivity index (χ3v) is 3.95. The second-order valence-electron chi connectivity index (χ2n) is 4.29. The van der Waals surface area contributed by atoms with Gasteiger partial charge >= 0.3 is 5.97 Å². The third kappa shape index (κ3) is 1.77. The molecule has 2 aromatic heterocycles. The predicted molar refractivity (Wildman–Crippen MR) is 76.8 cm³/mol. The summed E-state index contributed by atoms with van der Waals surface area (Å²) >= 11 is 1.41. The van der Waals surface area contributed by atoms with Gasteiger partial charge in [-0.3, -0.25) is 4.40 Å². The number of imidazole rings is 1. The summed E-state index contributed by atoms with van der Waals surface area (Å²) in [6.45, 7) is 1.70. The minimum absolute atomic E-state index is 0.196. The molecule has 3 rings (SSSR count). The number of aryl methyl sites for hydroxylation is 1. The molecule has 0 saturated carbocycles. The van der Waals surface area contributed by atoms with Crippen molar-refractivity contribution in [2.45, 2.75) is 6.92 Å². The highest BCUT2D eigenvalue weighted by molar-refractivity contribution is 7.15. The minimum atomic E-state index is -0.982. The molecular weight excluding hydrogens is 276 g/mol. The van der Waals surface area contributed by atoms with E-state index in [1.54, 1.807) is 18.4 Å². The Morgan fingerprint density at radius 1 is 1.40 bits per heavy atom. The molecule has 0 saturated heterocycles. The maximum atomic E-state index is 11.4. The summed E-state index contributed by atoms with van der Waals surface area (Å²) in [6.07, 6.45) is 0. The van der Waals surface area contributed by atoms with Gasteiger partial charge in [0.05, 0.1) is 18.5 Å². The van der Waals surface area contributed by atoms with Crippen LogP contribution < -0.4 is 4.74 Å². The summed E-state index contributed by atoms with van der Waals surface area (Å²) in [6, 6.07) is 7.53. The number of aromatic nitrogens is 2. The lowest BCUT2D eigenvalue weighted by molar-refractivity contribution is 0.0688. The van der Waals surface area contributed by atoms with E-state index >= 15 is 0 Å². The number of methoxy groups -OCH3 is 1. The Bertz CT molecular complexity index is 804. The minimum Gasteiger partial charge on any atom is -0.496 e. The van der Waals surface area contributed by atoms with Crippen molar-refractivity contribution in [3.63, 3.8) is 0 Å². The van der Waals surface area contributed by atoms with E-state index < -0.39 is 5.97 Å². The number of hydrogen-bond acceptors (Lipinski definition) is 4.